The van der Waals surface area contributed by atoms with E-state index in [4.69, 9.17) is 0 Å². The zero-order valence-corrected chi connectivity index (χ0v) is 25.8. The summed E-state index contributed by atoms with van der Waals surface area (Å²) in [4.78, 5) is 39.8. The van der Waals surface area contributed by atoms with Gasteiger partial charge in [-0.2, -0.15) is 13.2 Å². The number of likely N-dealkylation sites (tertiary alicyclic amines) is 2. The number of hydrogen-bond acceptors (Lipinski definition) is 6. The molecule has 2 amide bonds. The molecule has 4 aromatic rings. The molecular formula is C35H37F3N6O2. The average Bonchev–Trinajstić information content (AvgIpc) is 3.60. The normalized spacial score (nSPS) is 15.7. The molecule has 2 saturated heterocycles. The van der Waals surface area contributed by atoms with Crippen LogP contribution < -0.4 is 10.6 Å². The number of anilines is 2. The van der Waals surface area contributed by atoms with Gasteiger partial charge >= 0.3 is 6.18 Å². The average molecular weight is 631 g/mol. The van der Waals surface area contributed by atoms with Crippen LogP contribution in [-0.4, -0.2) is 70.9 Å². The van der Waals surface area contributed by atoms with Crippen molar-refractivity contribution in [3.05, 3.63) is 83.0 Å². The van der Waals surface area contributed by atoms with Crippen LogP contribution in [0, 0.1) is 6.92 Å². The van der Waals surface area contributed by atoms with Crippen LogP contribution in [0.2, 0.25) is 0 Å². The van der Waals surface area contributed by atoms with Crippen LogP contribution >= 0.6 is 0 Å². The zero-order chi connectivity index (χ0) is 32.3. The first-order chi connectivity index (χ1) is 22.2. The summed E-state index contributed by atoms with van der Waals surface area (Å²) in [5, 5.41) is 6.76. The van der Waals surface area contributed by atoms with Crippen LogP contribution in [0.5, 0.6) is 0 Å². The summed E-state index contributed by atoms with van der Waals surface area (Å²) in [7, 11) is 0. The second kappa shape index (κ2) is 13.5. The highest BCUT2D eigenvalue weighted by molar-refractivity contribution is 6.09. The van der Waals surface area contributed by atoms with Gasteiger partial charge in [0.25, 0.3) is 11.8 Å². The highest BCUT2D eigenvalue weighted by Crippen LogP contribution is 2.34. The lowest BCUT2D eigenvalue weighted by molar-refractivity contribution is -0.137. The van der Waals surface area contributed by atoms with Gasteiger partial charge < -0.3 is 20.4 Å². The molecule has 2 aliphatic rings. The molecule has 240 valence electrons. The van der Waals surface area contributed by atoms with E-state index in [1.807, 2.05) is 25.1 Å². The van der Waals surface area contributed by atoms with Crippen LogP contribution in [-0.2, 0) is 6.18 Å². The predicted molar refractivity (Wildman–Crippen MR) is 173 cm³/mol. The standard InChI is InChI=1S/C35H37F3N6O2/c1-23-7-8-25(32(45)41-31-21-27(35(36,37)38)10-11-28(31)33(46)44-16-5-6-17-44)20-29(23)24-9-12-30-26(19-24)22-40-34(42-30)39-13-18-43-14-3-2-4-15-43/h7-12,19-22H,2-6,13-18H2,1H3,(H,41,45)(H,39,40,42). The minimum Gasteiger partial charge on any atom is -0.353 e. The highest BCUT2D eigenvalue weighted by atomic mass is 19.4. The summed E-state index contributed by atoms with van der Waals surface area (Å²) in [5.74, 6) is -0.436. The number of carbonyl (C=O) groups excluding carboxylic acids is 2. The van der Waals surface area contributed by atoms with Gasteiger partial charge in [-0.3, -0.25) is 9.59 Å². The van der Waals surface area contributed by atoms with Gasteiger partial charge in [0.15, 0.2) is 0 Å². The number of halogens is 3. The van der Waals surface area contributed by atoms with Crippen LogP contribution in [0.3, 0.4) is 0 Å². The lowest BCUT2D eigenvalue weighted by Crippen LogP contribution is -2.33. The molecule has 8 nitrogen and oxygen atoms in total. The van der Waals surface area contributed by atoms with E-state index >= 15 is 0 Å². The maximum Gasteiger partial charge on any atom is 0.416 e. The van der Waals surface area contributed by atoms with Crippen molar-refractivity contribution in [2.75, 3.05) is 49.9 Å². The first-order valence-electron chi connectivity index (χ1n) is 15.8. The number of aryl methyl sites for hydroxylation is 1. The summed E-state index contributed by atoms with van der Waals surface area (Å²) >= 11 is 0. The molecule has 2 aliphatic heterocycles. The molecule has 6 rings (SSSR count). The van der Waals surface area contributed by atoms with Crippen molar-refractivity contribution in [1.29, 1.82) is 0 Å². The largest absolute Gasteiger partial charge is 0.416 e. The lowest BCUT2D eigenvalue weighted by atomic mass is 9.96. The molecule has 3 aromatic carbocycles. The van der Waals surface area contributed by atoms with Gasteiger partial charge in [0, 0.05) is 43.3 Å². The first kappa shape index (κ1) is 31.5. The molecule has 11 heteroatoms. The van der Waals surface area contributed by atoms with Gasteiger partial charge in [-0.25, -0.2) is 9.97 Å². The van der Waals surface area contributed by atoms with E-state index in [9.17, 15) is 22.8 Å². The Morgan fingerprint density at radius 3 is 2.41 bits per heavy atom. The summed E-state index contributed by atoms with van der Waals surface area (Å²) < 4.78 is 40.7. The van der Waals surface area contributed by atoms with E-state index in [0.717, 1.165) is 84.8 Å². The molecular weight excluding hydrogens is 593 g/mol. The number of piperidine rings is 1. The number of rotatable bonds is 8. The third kappa shape index (κ3) is 7.14. The number of amides is 2. The number of benzene rings is 3. The van der Waals surface area contributed by atoms with Gasteiger partial charge in [-0.1, -0.05) is 18.6 Å². The van der Waals surface area contributed by atoms with Gasteiger partial charge in [-0.05, 0) is 105 Å². The molecule has 0 atom stereocenters. The quantitative estimate of drug-likeness (QED) is 0.218. The smallest absolute Gasteiger partial charge is 0.353 e. The van der Waals surface area contributed by atoms with Gasteiger partial charge in [-0.15, -0.1) is 0 Å². The van der Waals surface area contributed by atoms with Crippen LogP contribution in [0.25, 0.3) is 22.0 Å². The topological polar surface area (TPSA) is 90.5 Å². The molecule has 0 bridgehead atoms. The lowest BCUT2D eigenvalue weighted by Gasteiger charge is -2.26. The molecule has 1 aromatic heterocycles. The van der Waals surface area contributed by atoms with Crippen LogP contribution in [0.15, 0.2) is 60.8 Å². The van der Waals surface area contributed by atoms with Crippen LogP contribution in [0.1, 0.15) is 63.9 Å². The highest BCUT2D eigenvalue weighted by Gasteiger charge is 2.33. The second-order valence-electron chi connectivity index (χ2n) is 12.0. The minimum atomic E-state index is -4.63. The Hall–Kier alpha value is -4.51. The molecule has 3 heterocycles. The molecule has 0 radical (unpaired) electrons. The SMILES string of the molecule is Cc1ccc(C(=O)Nc2cc(C(F)(F)F)ccc2C(=O)N2CCCC2)cc1-c1ccc2nc(NCCN3CCCCC3)ncc2c1. The number of fused-ring (bicyclic) bond motifs is 1. The molecule has 46 heavy (non-hydrogen) atoms. The Morgan fingerprint density at radius 2 is 1.65 bits per heavy atom. The molecule has 0 spiro atoms. The van der Waals surface area contributed by atoms with Crippen molar-refractivity contribution < 1.29 is 22.8 Å². The van der Waals surface area contributed by atoms with Gasteiger partial charge in [0.2, 0.25) is 5.95 Å². The van der Waals surface area contributed by atoms with E-state index in [-0.39, 0.29) is 16.8 Å². The summed E-state index contributed by atoms with van der Waals surface area (Å²) in [5.41, 5.74) is 2.51. The fourth-order valence-electron chi connectivity index (χ4n) is 6.16. The number of hydrogen-bond donors (Lipinski definition) is 2. The number of nitrogens with one attached hydrogen (secondary N) is 2. The third-order valence-corrected chi connectivity index (χ3v) is 8.77. The van der Waals surface area contributed by atoms with E-state index in [1.54, 1.807) is 29.3 Å². The van der Waals surface area contributed by atoms with Crippen molar-refractivity contribution in [2.45, 2.75) is 45.2 Å². The number of alkyl halides is 3. The molecule has 2 fully saturated rings. The summed E-state index contributed by atoms with van der Waals surface area (Å²) in [6.45, 7) is 6.97. The third-order valence-electron chi connectivity index (χ3n) is 8.77. The molecule has 2 N–H and O–H groups in total. The van der Waals surface area contributed by atoms with Crippen molar-refractivity contribution in [3.63, 3.8) is 0 Å². The Balaban J connectivity index is 1.21. The Bertz CT molecular complexity index is 1750. The Morgan fingerprint density at radius 1 is 0.891 bits per heavy atom. The first-order valence-corrected chi connectivity index (χ1v) is 15.8. The maximum absolute atomic E-state index is 13.6. The second-order valence-corrected chi connectivity index (χ2v) is 12.0. The number of nitrogens with zero attached hydrogens (tertiary/aromatic N) is 4. The molecule has 0 unspecified atom stereocenters. The minimum absolute atomic E-state index is 0.0328. The monoisotopic (exact) mass is 630 g/mol. The van der Waals surface area contributed by atoms with E-state index < -0.39 is 23.6 Å². The molecule has 0 aliphatic carbocycles. The van der Waals surface area contributed by atoms with Crippen molar-refractivity contribution in [1.82, 2.24) is 19.8 Å². The Kier molecular flexibility index (Phi) is 9.21. The fourth-order valence-corrected chi connectivity index (χ4v) is 6.16. The van der Waals surface area contributed by atoms with Crippen molar-refractivity contribution in [2.24, 2.45) is 0 Å². The van der Waals surface area contributed by atoms with Gasteiger partial charge in [0.1, 0.15) is 0 Å². The van der Waals surface area contributed by atoms with E-state index in [2.05, 4.69) is 25.5 Å². The predicted octanol–water partition coefficient (Wildman–Crippen LogP) is 7.01. The summed E-state index contributed by atoms with van der Waals surface area (Å²) in [6, 6.07) is 13.8. The molecule has 0 saturated carbocycles. The van der Waals surface area contributed by atoms with Gasteiger partial charge in [0.05, 0.1) is 22.3 Å². The van der Waals surface area contributed by atoms with Crippen molar-refractivity contribution in [3.8, 4) is 11.1 Å². The Labute approximate surface area is 266 Å². The number of carbonyl (C=O) groups is 2. The van der Waals surface area contributed by atoms with Crippen molar-refractivity contribution >= 4 is 34.4 Å². The van der Waals surface area contributed by atoms with Crippen LogP contribution in [0.4, 0.5) is 24.8 Å². The fraction of sp³-hybridized carbons (Fsp3) is 0.371. The van der Waals surface area contributed by atoms with E-state index in [0.29, 0.717) is 19.0 Å². The van der Waals surface area contributed by atoms with E-state index in [1.165, 1.54) is 19.3 Å². The summed E-state index contributed by atoms with van der Waals surface area (Å²) in [6.07, 6.45) is 2.61. The number of aromatic nitrogens is 2. The zero-order valence-electron chi connectivity index (χ0n) is 25.8. The maximum atomic E-state index is 13.6.